The molecule has 0 aliphatic carbocycles. The van der Waals surface area contributed by atoms with E-state index in [4.69, 9.17) is 15.2 Å². The molecule has 146 valence electrons. The van der Waals surface area contributed by atoms with Gasteiger partial charge in [-0.1, -0.05) is 18.2 Å². The van der Waals surface area contributed by atoms with Gasteiger partial charge in [0.25, 0.3) is 0 Å². The molecule has 5 heteroatoms. The maximum atomic E-state index is 12.7. The van der Waals surface area contributed by atoms with Gasteiger partial charge in [-0.25, -0.2) is 9.78 Å². The number of rotatable bonds is 4. The molecular weight excluding hydrogens is 340 g/mol. The minimum absolute atomic E-state index is 0.390. The van der Waals surface area contributed by atoms with Gasteiger partial charge in [0.15, 0.2) is 6.10 Å². The average molecular weight is 370 g/mol. The van der Waals surface area contributed by atoms with Crippen molar-refractivity contribution in [3.05, 3.63) is 46.1 Å². The molecule has 2 aromatic rings. The number of hydrogen-bond acceptors (Lipinski definition) is 5. The van der Waals surface area contributed by atoms with E-state index in [2.05, 4.69) is 31.0 Å². The van der Waals surface area contributed by atoms with Crippen LogP contribution in [0.4, 0.5) is 5.82 Å². The van der Waals surface area contributed by atoms with Crippen LogP contribution < -0.4 is 5.73 Å². The number of hydrogen-bond donors (Lipinski definition) is 1. The van der Waals surface area contributed by atoms with Crippen molar-refractivity contribution in [3.63, 3.8) is 0 Å². The van der Waals surface area contributed by atoms with Crippen LogP contribution in [0.3, 0.4) is 0 Å². The maximum absolute atomic E-state index is 12.7. The van der Waals surface area contributed by atoms with Gasteiger partial charge in [-0.3, -0.25) is 0 Å². The molecule has 0 bridgehead atoms. The molecule has 0 aliphatic rings. The second-order valence-electron chi connectivity index (χ2n) is 7.93. The van der Waals surface area contributed by atoms with Crippen molar-refractivity contribution in [2.45, 2.75) is 60.2 Å². The standard InChI is InChI=1S/C22H30N2O3/c1-12-9-10-16(11-13(12)2)18-15(4)24-20(23)14(3)17(18)19(21(25)26-8)27-22(5,6)7/h9-11,19H,1-8H3,(H2,23,24). The van der Waals surface area contributed by atoms with Gasteiger partial charge in [-0.2, -0.15) is 0 Å². The fourth-order valence-corrected chi connectivity index (χ4v) is 3.12. The number of nitrogen functional groups attached to an aromatic ring is 1. The molecule has 27 heavy (non-hydrogen) atoms. The lowest BCUT2D eigenvalue weighted by Crippen LogP contribution is -2.29. The summed E-state index contributed by atoms with van der Waals surface area (Å²) < 4.78 is 11.2. The Balaban J connectivity index is 2.83. The quantitative estimate of drug-likeness (QED) is 0.797. The molecule has 1 heterocycles. The fraction of sp³-hybridized carbons (Fsp3) is 0.455. The molecule has 0 fully saturated rings. The minimum Gasteiger partial charge on any atom is -0.467 e. The molecule has 1 atom stereocenters. The topological polar surface area (TPSA) is 74.4 Å². The van der Waals surface area contributed by atoms with E-state index in [9.17, 15) is 4.79 Å². The molecule has 2 N–H and O–H groups in total. The van der Waals surface area contributed by atoms with Crippen molar-refractivity contribution >= 4 is 11.8 Å². The lowest BCUT2D eigenvalue weighted by Gasteiger charge is -2.29. The Hall–Kier alpha value is -2.40. The summed E-state index contributed by atoms with van der Waals surface area (Å²) in [5.41, 5.74) is 12.0. The van der Waals surface area contributed by atoms with Gasteiger partial charge in [0.1, 0.15) is 5.82 Å². The van der Waals surface area contributed by atoms with Gasteiger partial charge in [0.2, 0.25) is 0 Å². The predicted octanol–water partition coefficient (Wildman–Crippen LogP) is 4.59. The normalized spacial score (nSPS) is 12.7. The van der Waals surface area contributed by atoms with Crippen LogP contribution in [-0.4, -0.2) is 23.7 Å². The highest BCUT2D eigenvalue weighted by molar-refractivity contribution is 5.84. The summed E-state index contributed by atoms with van der Waals surface area (Å²) in [5.74, 6) is -0.0652. The molecular formula is C22H30N2O3. The molecule has 1 aromatic heterocycles. The lowest BCUT2D eigenvalue weighted by molar-refractivity contribution is -0.164. The summed E-state index contributed by atoms with van der Waals surface area (Å²) in [6.07, 6.45) is -0.893. The zero-order chi connectivity index (χ0) is 20.5. The highest BCUT2D eigenvalue weighted by Gasteiger charge is 2.33. The molecule has 0 saturated carbocycles. The number of nitrogens with zero attached hydrogens (tertiary/aromatic N) is 1. The van der Waals surface area contributed by atoms with Crippen molar-refractivity contribution in [3.8, 4) is 11.1 Å². The van der Waals surface area contributed by atoms with Gasteiger partial charge < -0.3 is 15.2 Å². The number of carbonyl (C=O) groups excluding carboxylic acids is 1. The number of ether oxygens (including phenoxy) is 2. The molecule has 0 radical (unpaired) electrons. The first kappa shape index (κ1) is 20.9. The molecule has 0 aliphatic heterocycles. The zero-order valence-corrected chi connectivity index (χ0v) is 17.6. The third-order valence-corrected chi connectivity index (χ3v) is 4.65. The summed E-state index contributed by atoms with van der Waals surface area (Å²) in [4.78, 5) is 17.2. The Bertz CT molecular complexity index is 867. The van der Waals surface area contributed by atoms with Crippen LogP contribution in [0.1, 0.15) is 54.8 Å². The maximum Gasteiger partial charge on any atom is 0.339 e. The summed E-state index contributed by atoms with van der Waals surface area (Å²) in [5, 5.41) is 0. The van der Waals surface area contributed by atoms with E-state index in [0.29, 0.717) is 11.4 Å². The Morgan fingerprint density at radius 2 is 1.74 bits per heavy atom. The number of aromatic nitrogens is 1. The van der Waals surface area contributed by atoms with E-state index in [-0.39, 0.29) is 0 Å². The van der Waals surface area contributed by atoms with Crippen molar-refractivity contribution in [1.82, 2.24) is 4.98 Å². The first-order chi connectivity index (χ1) is 12.5. The molecule has 5 nitrogen and oxygen atoms in total. The number of carbonyl (C=O) groups is 1. The number of aryl methyl sites for hydroxylation is 3. The first-order valence-electron chi connectivity index (χ1n) is 9.06. The molecule has 0 amide bonds. The van der Waals surface area contributed by atoms with E-state index < -0.39 is 17.7 Å². The SMILES string of the molecule is COC(=O)C(OC(C)(C)C)c1c(C)c(N)nc(C)c1-c1ccc(C)c(C)c1. The van der Waals surface area contributed by atoms with Crippen LogP contribution in [0.25, 0.3) is 11.1 Å². The van der Waals surface area contributed by atoms with E-state index in [1.165, 1.54) is 18.2 Å². The van der Waals surface area contributed by atoms with Crippen molar-refractivity contribution in [2.75, 3.05) is 12.8 Å². The van der Waals surface area contributed by atoms with Gasteiger partial charge in [0, 0.05) is 16.8 Å². The number of anilines is 1. The van der Waals surface area contributed by atoms with Gasteiger partial charge >= 0.3 is 5.97 Å². The smallest absolute Gasteiger partial charge is 0.339 e. The van der Waals surface area contributed by atoms with Crippen LogP contribution >= 0.6 is 0 Å². The molecule has 0 saturated heterocycles. The molecule has 2 rings (SSSR count). The molecule has 1 aromatic carbocycles. The van der Waals surface area contributed by atoms with Gasteiger partial charge in [-0.05, 0) is 70.7 Å². The Morgan fingerprint density at radius 3 is 2.26 bits per heavy atom. The fourth-order valence-electron chi connectivity index (χ4n) is 3.12. The first-order valence-corrected chi connectivity index (χ1v) is 9.06. The number of esters is 1. The van der Waals surface area contributed by atoms with E-state index in [1.807, 2.05) is 40.7 Å². The lowest BCUT2D eigenvalue weighted by atomic mass is 9.90. The van der Waals surface area contributed by atoms with Crippen LogP contribution in [0, 0.1) is 27.7 Å². The number of benzene rings is 1. The Labute approximate surface area is 161 Å². The van der Waals surface area contributed by atoms with Gasteiger partial charge in [0.05, 0.1) is 12.7 Å². The Kier molecular flexibility index (Phi) is 5.95. The van der Waals surface area contributed by atoms with Gasteiger partial charge in [-0.15, -0.1) is 0 Å². The van der Waals surface area contributed by atoms with E-state index in [1.54, 1.807) is 0 Å². The Morgan fingerprint density at radius 1 is 1.11 bits per heavy atom. The highest BCUT2D eigenvalue weighted by atomic mass is 16.6. The molecule has 0 spiro atoms. The molecule has 1 unspecified atom stereocenters. The predicted molar refractivity (Wildman–Crippen MR) is 109 cm³/mol. The average Bonchev–Trinajstić information content (AvgIpc) is 2.57. The number of nitrogens with two attached hydrogens (primary N) is 1. The summed E-state index contributed by atoms with van der Waals surface area (Å²) in [6.45, 7) is 13.6. The third kappa shape index (κ3) is 4.48. The van der Waals surface area contributed by atoms with Crippen molar-refractivity contribution in [1.29, 1.82) is 0 Å². The monoisotopic (exact) mass is 370 g/mol. The summed E-state index contributed by atoms with van der Waals surface area (Å²) in [6, 6.07) is 6.21. The van der Waals surface area contributed by atoms with Crippen LogP contribution in [0.15, 0.2) is 18.2 Å². The zero-order valence-electron chi connectivity index (χ0n) is 17.6. The number of methoxy groups -OCH3 is 1. The van der Waals surface area contributed by atoms with E-state index in [0.717, 1.165) is 22.4 Å². The second kappa shape index (κ2) is 7.69. The summed E-state index contributed by atoms with van der Waals surface area (Å²) in [7, 11) is 1.36. The van der Waals surface area contributed by atoms with E-state index >= 15 is 0 Å². The summed E-state index contributed by atoms with van der Waals surface area (Å²) >= 11 is 0. The second-order valence-corrected chi connectivity index (χ2v) is 7.93. The van der Waals surface area contributed by atoms with Crippen LogP contribution in [0.5, 0.6) is 0 Å². The third-order valence-electron chi connectivity index (χ3n) is 4.65. The number of pyridine rings is 1. The largest absolute Gasteiger partial charge is 0.467 e. The van der Waals surface area contributed by atoms with Crippen LogP contribution in [-0.2, 0) is 14.3 Å². The van der Waals surface area contributed by atoms with Crippen molar-refractivity contribution in [2.24, 2.45) is 0 Å². The van der Waals surface area contributed by atoms with Crippen LogP contribution in [0.2, 0.25) is 0 Å². The minimum atomic E-state index is -0.893. The van der Waals surface area contributed by atoms with Crippen molar-refractivity contribution < 1.29 is 14.3 Å². The highest BCUT2D eigenvalue weighted by Crippen LogP contribution is 2.39.